The first-order valence-corrected chi connectivity index (χ1v) is 9.28. The summed E-state index contributed by atoms with van der Waals surface area (Å²) in [5.74, 6) is 0.0614. The quantitative estimate of drug-likeness (QED) is 0.664. The number of benzene rings is 2. The van der Waals surface area contributed by atoms with Crippen LogP contribution >= 0.6 is 0 Å². The van der Waals surface area contributed by atoms with Crippen LogP contribution < -0.4 is 24.8 Å². The van der Waals surface area contributed by atoms with E-state index in [4.69, 9.17) is 18.9 Å². The highest BCUT2D eigenvalue weighted by atomic mass is 16.6. The average Bonchev–Trinajstić information content (AvgIpc) is 2.77. The zero-order valence-electron chi connectivity index (χ0n) is 16.6. The molecule has 3 rings (SSSR count). The van der Waals surface area contributed by atoms with E-state index in [2.05, 4.69) is 10.6 Å². The fourth-order valence-electron chi connectivity index (χ4n) is 2.65. The molecule has 0 unspecified atom stereocenters. The first-order valence-electron chi connectivity index (χ1n) is 9.28. The van der Waals surface area contributed by atoms with Crippen LogP contribution in [0.3, 0.4) is 0 Å². The first kappa shape index (κ1) is 21.0. The van der Waals surface area contributed by atoms with Gasteiger partial charge in [0.25, 0.3) is 11.8 Å². The lowest BCUT2D eigenvalue weighted by Gasteiger charge is -2.19. The van der Waals surface area contributed by atoms with Gasteiger partial charge in [-0.3, -0.25) is 14.4 Å². The minimum atomic E-state index is -1.05. The van der Waals surface area contributed by atoms with Crippen LogP contribution in [0.15, 0.2) is 42.5 Å². The number of amides is 2. The minimum Gasteiger partial charge on any atom is -0.497 e. The Morgan fingerprint density at radius 2 is 1.73 bits per heavy atom. The summed E-state index contributed by atoms with van der Waals surface area (Å²) in [6, 6.07) is 11.4. The number of fused-ring (bicyclic) bond motifs is 1. The highest BCUT2D eigenvalue weighted by Crippen LogP contribution is 2.32. The van der Waals surface area contributed by atoms with E-state index < -0.39 is 23.9 Å². The largest absolute Gasteiger partial charge is 0.497 e. The second kappa shape index (κ2) is 9.64. The first-order chi connectivity index (χ1) is 14.5. The maximum atomic E-state index is 12.3. The lowest BCUT2D eigenvalue weighted by Crippen LogP contribution is -2.35. The van der Waals surface area contributed by atoms with Crippen molar-refractivity contribution in [2.24, 2.45) is 0 Å². The summed E-state index contributed by atoms with van der Waals surface area (Å²) in [5.41, 5.74) is 0.855. The molecule has 0 fully saturated rings. The Morgan fingerprint density at radius 3 is 2.43 bits per heavy atom. The molecule has 0 aliphatic carbocycles. The highest BCUT2D eigenvalue weighted by Gasteiger charge is 2.20. The lowest BCUT2D eigenvalue weighted by atomic mass is 10.2. The zero-order chi connectivity index (χ0) is 21.5. The van der Waals surface area contributed by atoms with E-state index in [1.807, 2.05) is 0 Å². The topological polar surface area (TPSA) is 112 Å². The van der Waals surface area contributed by atoms with Crippen LogP contribution in [0.25, 0.3) is 0 Å². The van der Waals surface area contributed by atoms with Gasteiger partial charge in [-0.05, 0) is 43.3 Å². The molecule has 9 heteroatoms. The van der Waals surface area contributed by atoms with E-state index in [-0.39, 0.29) is 6.54 Å². The molecule has 0 saturated carbocycles. The predicted octanol–water partition coefficient (Wildman–Crippen LogP) is 1.77. The number of hydrogen-bond acceptors (Lipinski definition) is 7. The molecule has 158 valence electrons. The van der Waals surface area contributed by atoms with Gasteiger partial charge in [0, 0.05) is 17.3 Å². The summed E-state index contributed by atoms with van der Waals surface area (Å²) in [4.78, 5) is 36.3. The maximum Gasteiger partial charge on any atom is 0.326 e. The number of hydrogen-bond donors (Lipinski definition) is 2. The van der Waals surface area contributed by atoms with E-state index in [9.17, 15) is 14.4 Å². The normalized spacial score (nSPS) is 13.0. The number of carbonyl (C=O) groups excluding carboxylic acids is 3. The van der Waals surface area contributed by atoms with Gasteiger partial charge in [0.2, 0.25) is 0 Å². The van der Waals surface area contributed by atoms with Gasteiger partial charge in [-0.15, -0.1) is 0 Å². The molecule has 9 nitrogen and oxygen atoms in total. The lowest BCUT2D eigenvalue weighted by molar-refractivity contribution is -0.152. The number of carbonyl (C=O) groups is 3. The van der Waals surface area contributed by atoms with Crippen molar-refractivity contribution < 1.29 is 33.3 Å². The number of anilines is 1. The van der Waals surface area contributed by atoms with Crippen LogP contribution in [0.2, 0.25) is 0 Å². The molecule has 0 aromatic heterocycles. The van der Waals surface area contributed by atoms with Gasteiger partial charge in [0.15, 0.2) is 17.6 Å². The van der Waals surface area contributed by atoms with E-state index in [1.165, 1.54) is 14.0 Å². The van der Waals surface area contributed by atoms with E-state index in [1.54, 1.807) is 42.5 Å². The van der Waals surface area contributed by atoms with Crippen LogP contribution in [-0.2, 0) is 14.3 Å². The average molecular weight is 414 g/mol. The summed E-state index contributed by atoms with van der Waals surface area (Å²) < 4.78 is 21.0. The molecule has 2 N–H and O–H groups in total. The van der Waals surface area contributed by atoms with Crippen molar-refractivity contribution in [1.29, 1.82) is 0 Å². The Bertz CT molecular complexity index is 927. The van der Waals surface area contributed by atoms with Gasteiger partial charge < -0.3 is 29.6 Å². The molecule has 0 spiro atoms. The van der Waals surface area contributed by atoms with E-state index >= 15 is 0 Å². The van der Waals surface area contributed by atoms with Crippen molar-refractivity contribution in [3.8, 4) is 17.2 Å². The number of ether oxygens (including phenoxy) is 4. The Hall–Kier alpha value is -3.75. The highest BCUT2D eigenvalue weighted by molar-refractivity contribution is 5.97. The molecule has 2 amide bonds. The second-order valence-corrected chi connectivity index (χ2v) is 6.39. The third kappa shape index (κ3) is 5.40. The monoisotopic (exact) mass is 414 g/mol. The Balaban J connectivity index is 1.46. The Morgan fingerprint density at radius 1 is 1.03 bits per heavy atom. The van der Waals surface area contributed by atoms with E-state index in [0.717, 1.165) is 0 Å². The smallest absolute Gasteiger partial charge is 0.326 e. The molecule has 30 heavy (non-hydrogen) atoms. The van der Waals surface area contributed by atoms with Crippen molar-refractivity contribution in [1.82, 2.24) is 5.32 Å². The van der Waals surface area contributed by atoms with Gasteiger partial charge in [-0.1, -0.05) is 0 Å². The van der Waals surface area contributed by atoms with Crippen LogP contribution in [0.1, 0.15) is 17.3 Å². The molecule has 0 bridgehead atoms. The van der Waals surface area contributed by atoms with Gasteiger partial charge in [-0.2, -0.15) is 0 Å². The molecular weight excluding hydrogens is 392 g/mol. The van der Waals surface area contributed by atoms with Gasteiger partial charge >= 0.3 is 5.97 Å². The fraction of sp³-hybridized carbons (Fsp3) is 0.286. The van der Waals surface area contributed by atoms with Crippen LogP contribution in [0, 0.1) is 0 Å². The Kier molecular flexibility index (Phi) is 6.74. The maximum absolute atomic E-state index is 12.3. The molecule has 1 aliphatic heterocycles. The minimum absolute atomic E-state index is 0.369. The summed E-state index contributed by atoms with van der Waals surface area (Å²) in [6.07, 6.45) is -1.05. The zero-order valence-corrected chi connectivity index (χ0v) is 16.6. The van der Waals surface area contributed by atoms with Gasteiger partial charge in [0.05, 0.1) is 7.11 Å². The third-order valence-electron chi connectivity index (χ3n) is 4.23. The van der Waals surface area contributed by atoms with Crippen LogP contribution in [0.5, 0.6) is 17.2 Å². The molecular formula is C21H22N2O7. The standard InChI is InChI=1S/C21H22N2O7/c1-13(20(25)23-15-5-8-17-18(11-15)29-10-9-28-17)30-19(24)12-22-21(26)14-3-6-16(27-2)7-4-14/h3-8,11,13H,9-10,12H2,1-2H3,(H,22,26)(H,23,25)/t13-/m1/s1. The molecule has 2 aromatic carbocycles. The second-order valence-electron chi connectivity index (χ2n) is 6.39. The van der Waals surface area contributed by atoms with Gasteiger partial charge in [0.1, 0.15) is 25.5 Å². The Labute approximate surface area is 173 Å². The summed E-state index contributed by atoms with van der Waals surface area (Å²) in [5, 5.41) is 5.10. The summed E-state index contributed by atoms with van der Waals surface area (Å²) in [6.45, 7) is 1.98. The number of methoxy groups -OCH3 is 1. The summed E-state index contributed by atoms with van der Waals surface area (Å²) in [7, 11) is 1.52. The number of nitrogens with one attached hydrogen (secondary N) is 2. The van der Waals surface area contributed by atoms with E-state index in [0.29, 0.717) is 41.7 Å². The summed E-state index contributed by atoms with van der Waals surface area (Å²) >= 11 is 0. The molecule has 2 aromatic rings. The van der Waals surface area contributed by atoms with Crippen LogP contribution in [-0.4, -0.2) is 50.8 Å². The van der Waals surface area contributed by atoms with Crippen molar-refractivity contribution in [2.45, 2.75) is 13.0 Å². The molecule has 1 atom stereocenters. The number of rotatable bonds is 7. The third-order valence-corrected chi connectivity index (χ3v) is 4.23. The molecule has 0 radical (unpaired) electrons. The molecule has 1 heterocycles. The van der Waals surface area contributed by atoms with Crippen LogP contribution in [0.4, 0.5) is 5.69 Å². The molecule has 0 saturated heterocycles. The van der Waals surface area contributed by atoms with Crippen molar-refractivity contribution in [3.05, 3.63) is 48.0 Å². The fourth-order valence-corrected chi connectivity index (χ4v) is 2.65. The molecule has 1 aliphatic rings. The SMILES string of the molecule is COc1ccc(C(=O)NCC(=O)O[C@H](C)C(=O)Nc2ccc3c(c2)OCCO3)cc1. The number of esters is 1. The van der Waals surface area contributed by atoms with Crippen molar-refractivity contribution >= 4 is 23.5 Å². The van der Waals surface area contributed by atoms with Crippen molar-refractivity contribution in [3.63, 3.8) is 0 Å². The predicted molar refractivity (Wildman–Crippen MR) is 107 cm³/mol. The van der Waals surface area contributed by atoms with Gasteiger partial charge in [-0.25, -0.2) is 0 Å². The van der Waals surface area contributed by atoms with Crippen molar-refractivity contribution in [2.75, 3.05) is 32.2 Å².